The number of H-pyrrole nitrogens is 1. The molecule has 0 aliphatic heterocycles. The monoisotopic (exact) mass is 381 g/mol. The normalized spacial score (nSPS) is 12.6. The van der Waals surface area contributed by atoms with Crippen LogP contribution < -0.4 is 0 Å². The van der Waals surface area contributed by atoms with Gasteiger partial charge in [0.2, 0.25) is 0 Å². The van der Waals surface area contributed by atoms with Crippen LogP contribution in [0.4, 0.5) is 0 Å². The lowest BCUT2D eigenvalue weighted by atomic mass is 10.0. The van der Waals surface area contributed by atoms with Gasteiger partial charge in [0.1, 0.15) is 5.82 Å². The smallest absolute Gasteiger partial charge is 0.128 e. The average Bonchev–Trinajstić information content (AvgIpc) is 3.38. The van der Waals surface area contributed by atoms with Crippen LogP contribution in [0, 0.1) is 0 Å². The molecule has 29 heavy (non-hydrogen) atoms. The number of aromatic amines is 1. The van der Waals surface area contributed by atoms with E-state index in [2.05, 4.69) is 58.5 Å². The largest absolute Gasteiger partial charge is 0.390 e. The minimum Gasteiger partial charge on any atom is -0.390 e. The third-order valence-electron chi connectivity index (χ3n) is 5.54. The Morgan fingerprint density at radius 1 is 0.966 bits per heavy atom. The molecule has 4 heteroatoms. The average molecular weight is 381 g/mol. The Balaban J connectivity index is 1.29. The number of fused-ring (bicyclic) bond motifs is 2. The molecule has 0 atom stereocenters. The molecule has 2 aromatic carbocycles. The number of hydrogen-bond donors (Lipinski definition) is 2. The van der Waals surface area contributed by atoms with Crippen molar-refractivity contribution in [1.29, 1.82) is 0 Å². The first-order valence-electron chi connectivity index (χ1n) is 10.1. The van der Waals surface area contributed by atoms with Crippen LogP contribution in [-0.4, -0.2) is 20.1 Å². The van der Waals surface area contributed by atoms with Crippen molar-refractivity contribution in [3.63, 3.8) is 0 Å². The summed E-state index contributed by atoms with van der Waals surface area (Å²) >= 11 is 0. The Morgan fingerprint density at radius 2 is 1.90 bits per heavy atom. The molecule has 2 N–H and O–H groups in total. The lowest BCUT2D eigenvalue weighted by Crippen LogP contribution is -2.02. The highest BCUT2D eigenvalue weighted by atomic mass is 16.3. The minimum atomic E-state index is 0.0276. The van der Waals surface area contributed by atoms with Crippen molar-refractivity contribution in [2.24, 2.45) is 0 Å². The van der Waals surface area contributed by atoms with Gasteiger partial charge in [0.05, 0.1) is 6.61 Å². The molecular weight excluding hydrogens is 358 g/mol. The van der Waals surface area contributed by atoms with Crippen molar-refractivity contribution in [3.05, 3.63) is 100 Å². The predicted octanol–water partition coefficient (Wildman–Crippen LogP) is 4.40. The predicted molar refractivity (Wildman–Crippen MR) is 116 cm³/mol. The quantitative estimate of drug-likeness (QED) is 0.520. The zero-order valence-electron chi connectivity index (χ0n) is 16.2. The standard InChI is InChI=1S/C25H23N3O/c29-16-23-15-21-13-18(5-8-24(21)27-23)14-22-10-11-26-25(28-22)9-6-17-4-7-19-2-1-3-20(19)12-17/h1,3-5,7-8,10-13,15,27,29H,2,6,9,14,16H2. The van der Waals surface area contributed by atoms with Gasteiger partial charge in [-0.1, -0.05) is 36.4 Å². The fourth-order valence-electron chi connectivity index (χ4n) is 4.02. The van der Waals surface area contributed by atoms with Crippen LogP contribution in [0.1, 0.15) is 39.5 Å². The number of nitrogens with zero attached hydrogens (tertiary/aromatic N) is 2. The molecule has 144 valence electrons. The van der Waals surface area contributed by atoms with Crippen molar-refractivity contribution < 1.29 is 5.11 Å². The summed E-state index contributed by atoms with van der Waals surface area (Å²) in [4.78, 5) is 12.5. The van der Waals surface area contributed by atoms with Gasteiger partial charge >= 0.3 is 0 Å². The number of nitrogens with one attached hydrogen (secondary N) is 1. The van der Waals surface area contributed by atoms with E-state index < -0.39 is 0 Å². The van der Waals surface area contributed by atoms with Gasteiger partial charge in [-0.25, -0.2) is 9.97 Å². The summed E-state index contributed by atoms with van der Waals surface area (Å²) in [6.07, 6.45) is 9.90. The Bertz CT molecular complexity index is 1210. The second kappa shape index (κ2) is 7.64. The fourth-order valence-corrected chi connectivity index (χ4v) is 4.02. The molecule has 4 nitrogen and oxygen atoms in total. The molecular formula is C25H23N3O. The molecule has 0 amide bonds. The number of aromatic nitrogens is 3. The van der Waals surface area contributed by atoms with E-state index in [0.717, 1.165) is 53.8 Å². The summed E-state index contributed by atoms with van der Waals surface area (Å²) in [5.41, 5.74) is 8.22. The number of benzene rings is 2. The first kappa shape index (κ1) is 17.8. The van der Waals surface area contributed by atoms with E-state index in [0.29, 0.717) is 0 Å². The number of aryl methyl sites for hydroxylation is 2. The number of rotatable bonds is 6. The molecule has 0 bridgehead atoms. The van der Waals surface area contributed by atoms with E-state index in [1.54, 1.807) is 0 Å². The van der Waals surface area contributed by atoms with E-state index in [4.69, 9.17) is 4.98 Å². The van der Waals surface area contributed by atoms with Gasteiger partial charge < -0.3 is 10.1 Å². The van der Waals surface area contributed by atoms with E-state index >= 15 is 0 Å². The maximum Gasteiger partial charge on any atom is 0.128 e. The summed E-state index contributed by atoms with van der Waals surface area (Å²) in [6.45, 7) is 0.0276. The highest BCUT2D eigenvalue weighted by Gasteiger charge is 2.08. The molecule has 2 heterocycles. The first-order chi connectivity index (χ1) is 14.3. The zero-order valence-corrected chi connectivity index (χ0v) is 16.2. The van der Waals surface area contributed by atoms with Crippen molar-refractivity contribution >= 4 is 17.0 Å². The second-order valence-corrected chi connectivity index (χ2v) is 7.65. The van der Waals surface area contributed by atoms with Crippen LogP contribution in [0.25, 0.3) is 17.0 Å². The summed E-state index contributed by atoms with van der Waals surface area (Å²) in [7, 11) is 0. The van der Waals surface area contributed by atoms with Gasteiger partial charge in [-0.15, -0.1) is 0 Å². The summed E-state index contributed by atoms with van der Waals surface area (Å²) in [5.74, 6) is 0.892. The van der Waals surface area contributed by atoms with Crippen LogP contribution in [0.5, 0.6) is 0 Å². The van der Waals surface area contributed by atoms with Crippen LogP contribution in [-0.2, 0) is 32.3 Å². The summed E-state index contributed by atoms with van der Waals surface area (Å²) < 4.78 is 0. The van der Waals surface area contributed by atoms with Crippen molar-refractivity contribution in [2.75, 3.05) is 0 Å². The van der Waals surface area contributed by atoms with Crippen molar-refractivity contribution in [3.8, 4) is 0 Å². The fraction of sp³-hybridized carbons (Fsp3) is 0.200. The third kappa shape index (κ3) is 3.84. The molecule has 5 rings (SSSR count). The van der Waals surface area contributed by atoms with Gasteiger partial charge in [0, 0.05) is 41.3 Å². The summed E-state index contributed by atoms with van der Waals surface area (Å²) in [6, 6.07) is 17.1. The molecule has 1 aliphatic carbocycles. The Hall–Kier alpha value is -3.24. The SMILES string of the molecule is OCc1cc2cc(Cc3ccnc(CCc4ccc5c(c4)C=CC5)n3)ccc2[nH]1. The van der Waals surface area contributed by atoms with Gasteiger partial charge in [-0.2, -0.15) is 0 Å². The number of aliphatic hydroxyl groups is 1. The summed E-state index contributed by atoms with van der Waals surface area (Å²) in [5, 5.41) is 10.4. The number of aliphatic hydroxyl groups excluding tert-OH is 1. The van der Waals surface area contributed by atoms with E-state index in [1.165, 1.54) is 22.3 Å². The van der Waals surface area contributed by atoms with Crippen LogP contribution in [0.15, 0.2) is 60.8 Å². The van der Waals surface area contributed by atoms with Gasteiger partial charge in [0.25, 0.3) is 0 Å². The van der Waals surface area contributed by atoms with Crippen LogP contribution in [0.2, 0.25) is 0 Å². The molecule has 0 radical (unpaired) electrons. The molecule has 4 aromatic rings. The molecule has 0 fully saturated rings. The Labute approximate surface area is 170 Å². The number of allylic oxidation sites excluding steroid dienone is 1. The highest BCUT2D eigenvalue weighted by molar-refractivity contribution is 5.81. The minimum absolute atomic E-state index is 0.0276. The molecule has 0 saturated heterocycles. The van der Waals surface area contributed by atoms with Crippen LogP contribution >= 0.6 is 0 Å². The second-order valence-electron chi connectivity index (χ2n) is 7.65. The Morgan fingerprint density at radius 3 is 2.83 bits per heavy atom. The van der Waals surface area contributed by atoms with E-state index in [9.17, 15) is 5.11 Å². The molecule has 0 saturated carbocycles. The molecule has 1 aliphatic rings. The molecule has 0 unspecified atom stereocenters. The van der Waals surface area contributed by atoms with E-state index in [1.807, 2.05) is 18.3 Å². The zero-order chi connectivity index (χ0) is 19.6. The third-order valence-corrected chi connectivity index (χ3v) is 5.54. The van der Waals surface area contributed by atoms with E-state index in [-0.39, 0.29) is 6.61 Å². The number of hydrogen-bond acceptors (Lipinski definition) is 3. The van der Waals surface area contributed by atoms with Gasteiger partial charge in [-0.3, -0.25) is 0 Å². The topological polar surface area (TPSA) is 61.8 Å². The van der Waals surface area contributed by atoms with Gasteiger partial charge in [0.15, 0.2) is 0 Å². The lowest BCUT2D eigenvalue weighted by Gasteiger charge is -2.06. The maximum atomic E-state index is 9.30. The maximum absolute atomic E-state index is 9.30. The Kier molecular flexibility index (Phi) is 4.70. The lowest BCUT2D eigenvalue weighted by molar-refractivity contribution is 0.278. The molecule has 0 spiro atoms. The van der Waals surface area contributed by atoms with Crippen molar-refractivity contribution in [2.45, 2.75) is 32.3 Å². The first-order valence-corrected chi connectivity index (χ1v) is 10.1. The highest BCUT2D eigenvalue weighted by Crippen LogP contribution is 2.22. The molecule has 2 aromatic heterocycles. The van der Waals surface area contributed by atoms with Crippen LogP contribution in [0.3, 0.4) is 0 Å². The van der Waals surface area contributed by atoms with Gasteiger partial charge in [-0.05, 0) is 59.4 Å². The van der Waals surface area contributed by atoms with Crippen molar-refractivity contribution in [1.82, 2.24) is 15.0 Å².